The van der Waals surface area contributed by atoms with Crippen molar-refractivity contribution in [2.45, 2.75) is 25.8 Å². The molecule has 0 aromatic heterocycles. The molecule has 1 aromatic carbocycles. The largest absolute Gasteiger partial charge is 0.336 e. The van der Waals surface area contributed by atoms with Gasteiger partial charge in [-0.05, 0) is 31.4 Å². The van der Waals surface area contributed by atoms with Crippen molar-refractivity contribution in [2.75, 3.05) is 4.90 Å². The molecule has 1 atom stereocenters. The van der Waals surface area contributed by atoms with Crippen LogP contribution in [-0.2, 0) is 6.42 Å². The van der Waals surface area contributed by atoms with Gasteiger partial charge >= 0.3 is 6.03 Å². The molecule has 0 spiro atoms. The van der Waals surface area contributed by atoms with Gasteiger partial charge < -0.3 is 0 Å². The molecule has 0 bridgehead atoms. The zero-order valence-electron chi connectivity index (χ0n) is 8.73. The number of fused-ring (bicyclic) bond motifs is 1. The van der Waals surface area contributed by atoms with Crippen LogP contribution < -0.4 is 16.2 Å². The molecule has 1 aliphatic rings. The molecule has 1 heterocycles. The van der Waals surface area contributed by atoms with E-state index in [1.807, 2.05) is 25.1 Å². The van der Waals surface area contributed by atoms with Gasteiger partial charge in [0.1, 0.15) is 0 Å². The summed E-state index contributed by atoms with van der Waals surface area (Å²) >= 11 is 0. The van der Waals surface area contributed by atoms with Crippen LogP contribution in [0.2, 0.25) is 0 Å². The molecule has 4 heteroatoms. The Kier molecular flexibility index (Phi) is 2.60. The number of amides is 2. The molecule has 4 nitrogen and oxygen atoms in total. The van der Waals surface area contributed by atoms with E-state index in [1.54, 1.807) is 4.90 Å². The van der Waals surface area contributed by atoms with Crippen LogP contribution in [0.5, 0.6) is 0 Å². The number of nitrogens with zero attached hydrogens (tertiary/aromatic N) is 1. The third-order valence-electron chi connectivity index (χ3n) is 2.87. The Hall–Kier alpha value is -1.55. The lowest BCUT2D eigenvalue weighted by Gasteiger charge is -2.34. The van der Waals surface area contributed by atoms with Crippen molar-refractivity contribution in [2.24, 2.45) is 5.84 Å². The average Bonchev–Trinajstić information content (AvgIpc) is 2.28. The van der Waals surface area contributed by atoms with Crippen LogP contribution in [-0.4, -0.2) is 12.1 Å². The summed E-state index contributed by atoms with van der Waals surface area (Å²) < 4.78 is 0. The molecule has 0 saturated heterocycles. The second-order valence-corrected chi connectivity index (χ2v) is 3.84. The van der Waals surface area contributed by atoms with Crippen LogP contribution in [0.3, 0.4) is 0 Å². The number of carbonyl (C=O) groups is 1. The Balaban J connectivity index is 2.41. The lowest BCUT2D eigenvalue weighted by molar-refractivity contribution is 0.243. The van der Waals surface area contributed by atoms with Gasteiger partial charge in [-0.2, -0.15) is 0 Å². The molecule has 0 saturated carbocycles. The molecule has 1 unspecified atom stereocenters. The zero-order chi connectivity index (χ0) is 10.8. The number of anilines is 1. The van der Waals surface area contributed by atoms with Crippen LogP contribution in [0.4, 0.5) is 10.5 Å². The Bertz CT molecular complexity index is 378. The summed E-state index contributed by atoms with van der Waals surface area (Å²) in [6.07, 6.45) is 2.00. The summed E-state index contributed by atoms with van der Waals surface area (Å²) in [5.41, 5.74) is 4.37. The lowest BCUT2D eigenvalue weighted by atomic mass is 9.97. The van der Waals surface area contributed by atoms with E-state index in [0.29, 0.717) is 0 Å². The summed E-state index contributed by atoms with van der Waals surface area (Å²) in [5, 5.41) is 0. The standard InChI is InChI=1S/C11H15N3O/c1-8-6-7-9-4-2-3-5-10(9)14(8)11(15)13-12/h2-5,8H,6-7,12H2,1H3,(H,13,15). The van der Waals surface area contributed by atoms with Gasteiger partial charge in [-0.25, -0.2) is 10.6 Å². The second-order valence-electron chi connectivity index (χ2n) is 3.84. The van der Waals surface area contributed by atoms with Gasteiger partial charge in [-0.1, -0.05) is 18.2 Å². The predicted molar refractivity (Wildman–Crippen MR) is 59.4 cm³/mol. The van der Waals surface area contributed by atoms with Crippen LogP contribution in [0.1, 0.15) is 18.9 Å². The van der Waals surface area contributed by atoms with Crippen molar-refractivity contribution in [3.05, 3.63) is 29.8 Å². The summed E-state index contributed by atoms with van der Waals surface area (Å²) in [5.74, 6) is 5.18. The topological polar surface area (TPSA) is 58.4 Å². The predicted octanol–water partition coefficient (Wildman–Crippen LogP) is 1.41. The molecule has 2 rings (SSSR count). The normalized spacial score (nSPS) is 19.6. The van der Waals surface area contributed by atoms with Crippen LogP contribution >= 0.6 is 0 Å². The first kappa shape index (κ1) is 9.98. The third kappa shape index (κ3) is 1.68. The van der Waals surface area contributed by atoms with E-state index in [9.17, 15) is 4.79 Å². The van der Waals surface area contributed by atoms with E-state index in [-0.39, 0.29) is 12.1 Å². The van der Waals surface area contributed by atoms with Crippen molar-refractivity contribution < 1.29 is 4.79 Å². The highest BCUT2D eigenvalue weighted by molar-refractivity contribution is 5.93. The number of benzene rings is 1. The van der Waals surface area contributed by atoms with Crippen molar-refractivity contribution >= 4 is 11.7 Å². The average molecular weight is 205 g/mol. The molecule has 1 aliphatic heterocycles. The number of hydrazine groups is 1. The van der Waals surface area contributed by atoms with Crippen molar-refractivity contribution in [3.8, 4) is 0 Å². The molecular formula is C11H15N3O. The van der Waals surface area contributed by atoms with Crippen molar-refractivity contribution in [1.82, 2.24) is 5.43 Å². The maximum Gasteiger partial charge on any atom is 0.336 e. The Morgan fingerprint density at radius 3 is 3.00 bits per heavy atom. The maximum atomic E-state index is 11.6. The van der Waals surface area contributed by atoms with Gasteiger partial charge in [-0.15, -0.1) is 0 Å². The smallest absolute Gasteiger partial charge is 0.290 e. The third-order valence-corrected chi connectivity index (χ3v) is 2.87. The molecule has 0 radical (unpaired) electrons. The minimum Gasteiger partial charge on any atom is -0.290 e. The number of carbonyl (C=O) groups excluding carboxylic acids is 1. The monoisotopic (exact) mass is 205 g/mol. The van der Waals surface area contributed by atoms with Gasteiger partial charge in [0.2, 0.25) is 0 Å². The van der Waals surface area contributed by atoms with E-state index in [2.05, 4.69) is 11.5 Å². The molecule has 15 heavy (non-hydrogen) atoms. The number of para-hydroxylation sites is 1. The summed E-state index contributed by atoms with van der Waals surface area (Å²) in [6, 6.07) is 7.90. The second kappa shape index (κ2) is 3.90. The van der Waals surface area contributed by atoms with Crippen LogP contribution in [0, 0.1) is 0 Å². The van der Waals surface area contributed by atoms with Crippen LogP contribution in [0.25, 0.3) is 0 Å². The summed E-state index contributed by atoms with van der Waals surface area (Å²) in [4.78, 5) is 13.4. The van der Waals surface area contributed by atoms with E-state index in [1.165, 1.54) is 5.56 Å². The van der Waals surface area contributed by atoms with Gasteiger partial charge in [0.25, 0.3) is 0 Å². The van der Waals surface area contributed by atoms with Gasteiger partial charge in [0.05, 0.1) is 0 Å². The highest BCUT2D eigenvalue weighted by Gasteiger charge is 2.27. The van der Waals surface area contributed by atoms with Crippen molar-refractivity contribution in [1.29, 1.82) is 0 Å². The van der Waals surface area contributed by atoms with E-state index in [4.69, 9.17) is 5.84 Å². The van der Waals surface area contributed by atoms with Crippen molar-refractivity contribution in [3.63, 3.8) is 0 Å². The zero-order valence-corrected chi connectivity index (χ0v) is 8.73. The fourth-order valence-corrected chi connectivity index (χ4v) is 2.07. The van der Waals surface area contributed by atoms with E-state index < -0.39 is 0 Å². The fourth-order valence-electron chi connectivity index (χ4n) is 2.07. The molecule has 3 N–H and O–H groups in total. The number of aryl methyl sites for hydroxylation is 1. The molecule has 1 aromatic rings. The van der Waals surface area contributed by atoms with Gasteiger partial charge in [0, 0.05) is 11.7 Å². The van der Waals surface area contributed by atoms with E-state index >= 15 is 0 Å². The molecule has 0 fully saturated rings. The highest BCUT2D eigenvalue weighted by Crippen LogP contribution is 2.30. The maximum absolute atomic E-state index is 11.6. The highest BCUT2D eigenvalue weighted by atomic mass is 16.2. The Labute approximate surface area is 89.0 Å². The minimum absolute atomic E-state index is 0.198. The Morgan fingerprint density at radius 1 is 1.53 bits per heavy atom. The van der Waals surface area contributed by atoms with E-state index in [0.717, 1.165) is 18.5 Å². The minimum atomic E-state index is -0.241. The Morgan fingerprint density at radius 2 is 2.27 bits per heavy atom. The number of nitrogens with two attached hydrogens (primary N) is 1. The first-order valence-electron chi connectivity index (χ1n) is 5.11. The van der Waals surface area contributed by atoms with Gasteiger partial charge in [-0.3, -0.25) is 10.3 Å². The number of urea groups is 1. The molecular weight excluding hydrogens is 190 g/mol. The SMILES string of the molecule is CC1CCc2ccccc2N1C(=O)NN. The number of hydrogen-bond acceptors (Lipinski definition) is 2. The molecule has 2 amide bonds. The summed E-state index contributed by atoms with van der Waals surface area (Å²) in [7, 11) is 0. The quantitative estimate of drug-likeness (QED) is 0.382. The fraction of sp³-hybridized carbons (Fsp3) is 0.364. The van der Waals surface area contributed by atoms with Crippen LogP contribution in [0.15, 0.2) is 24.3 Å². The number of rotatable bonds is 0. The molecule has 0 aliphatic carbocycles. The molecule has 80 valence electrons. The van der Waals surface area contributed by atoms with Gasteiger partial charge in [0.15, 0.2) is 0 Å². The first-order chi connectivity index (χ1) is 7.24. The lowest BCUT2D eigenvalue weighted by Crippen LogP contribution is -2.49. The number of nitrogens with one attached hydrogen (secondary N) is 1. The first-order valence-corrected chi connectivity index (χ1v) is 5.11. The summed E-state index contributed by atoms with van der Waals surface area (Å²) in [6.45, 7) is 2.03. The number of hydrogen-bond donors (Lipinski definition) is 2.